The Morgan fingerprint density at radius 3 is 1.97 bits per heavy atom. The molecule has 1 aliphatic heterocycles. The van der Waals surface area contributed by atoms with Crippen molar-refractivity contribution in [2.45, 2.75) is 11.3 Å². The quantitative estimate of drug-likeness (QED) is 0.534. The molecule has 0 atom stereocenters. The van der Waals surface area contributed by atoms with Gasteiger partial charge in [0.1, 0.15) is 5.75 Å². The summed E-state index contributed by atoms with van der Waals surface area (Å²) in [6.07, 6.45) is -4.85. The topological polar surface area (TPSA) is 93.0 Å². The molecule has 0 aliphatic carbocycles. The second-order valence-electron chi connectivity index (χ2n) is 6.18. The number of sulfonamides is 1. The second-order valence-corrected chi connectivity index (χ2v) is 8.12. The SMILES string of the molecule is O=[N+]([O-])c1ccc(N2CCN(S(=O)(=O)c3ccc(OC(F)(F)F)cc3)CC2)cc1. The number of benzene rings is 2. The number of piperazine rings is 1. The second kappa shape index (κ2) is 7.87. The van der Waals surface area contributed by atoms with Crippen molar-refractivity contribution in [1.82, 2.24) is 4.31 Å². The van der Waals surface area contributed by atoms with Crippen LogP contribution in [0.2, 0.25) is 0 Å². The molecular formula is C17H16F3N3O5S. The molecule has 1 fully saturated rings. The number of halogens is 3. The molecule has 0 radical (unpaired) electrons. The lowest BCUT2D eigenvalue weighted by molar-refractivity contribution is -0.384. The summed E-state index contributed by atoms with van der Waals surface area (Å²) in [6.45, 7) is 1.07. The highest BCUT2D eigenvalue weighted by Gasteiger charge is 2.32. The summed E-state index contributed by atoms with van der Waals surface area (Å²) in [5, 5.41) is 10.7. The first kappa shape index (κ1) is 20.9. The maximum atomic E-state index is 12.7. The van der Waals surface area contributed by atoms with Gasteiger partial charge < -0.3 is 9.64 Å². The van der Waals surface area contributed by atoms with Crippen molar-refractivity contribution < 1.29 is 31.2 Å². The molecule has 0 bridgehead atoms. The average molecular weight is 431 g/mol. The van der Waals surface area contributed by atoms with Crippen LogP contribution in [0.5, 0.6) is 5.75 Å². The number of rotatable bonds is 5. The number of hydrogen-bond acceptors (Lipinski definition) is 6. The Hall–Kier alpha value is -2.86. The number of alkyl halides is 3. The zero-order chi connectivity index (χ0) is 21.2. The van der Waals surface area contributed by atoms with E-state index in [9.17, 15) is 31.7 Å². The standard InChI is InChI=1S/C17H16F3N3O5S/c18-17(19,20)28-15-5-7-16(8-6-15)29(26,27)22-11-9-21(10-12-22)13-1-3-14(4-2-13)23(24)25/h1-8H,9-12H2. The molecule has 1 heterocycles. The number of non-ortho nitro benzene ring substituents is 1. The van der Waals surface area contributed by atoms with Crippen LogP contribution in [0.15, 0.2) is 53.4 Å². The minimum absolute atomic E-state index is 0.0343. The van der Waals surface area contributed by atoms with Gasteiger partial charge in [0.2, 0.25) is 10.0 Å². The first-order chi connectivity index (χ1) is 13.6. The molecule has 0 unspecified atom stereocenters. The van der Waals surface area contributed by atoms with Crippen LogP contribution < -0.4 is 9.64 Å². The van der Waals surface area contributed by atoms with E-state index in [1.165, 1.54) is 16.4 Å². The van der Waals surface area contributed by atoms with Crippen molar-refractivity contribution in [1.29, 1.82) is 0 Å². The highest BCUT2D eigenvalue weighted by molar-refractivity contribution is 7.89. The summed E-state index contributed by atoms with van der Waals surface area (Å²) in [5.74, 6) is -0.501. The van der Waals surface area contributed by atoms with Crippen molar-refractivity contribution >= 4 is 21.4 Å². The molecule has 1 aliphatic rings. The van der Waals surface area contributed by atoms with E-state index in [0.29, 0.717) is 13.1 Å². The molecular weight excluding hydrogens is 415 g/mol. The Morgan fingerprint density at radius 1 is 0.931 bits per heavy atom. The van der Waals surface area contributed by atoms with Crippen molar-refractivity contribution in [2.24, 2.45) is 0 Å². The average Bonchev–Trinajstić information content (AvgIpc) is 2.67. The van der Waals surface area contributed by atoms with Gasteiger partial charge in [0.05, 0.1) is 9.82 Å². The van der Waals surface area contributed by atoms with Gasteiger partial charge in [-0.25, -0.2) is 8.42 Å². The lowest BCUT2D eigenvalue weighted by atomic mass is 10.2. The van der Waals surface area contributed by atoms with Gasteiger partial charge in [-0.05, 0) is 36.4 Å². The summed E-state index contributed by atoms with van der Waals surface area (Å²) in [4.78, 5) is 12.0. The molecule has 1 saturated heterocycles. The molecule has 2 aromatic rings. The number of nitro groups is 1. The maximum Gasteiger partial charge on any atom is 0.573 e. The highest BCUT2D eigenvalue weighted by atomic mass is 32.2. The Kier molecular flexibility index (Phi) is 5.66. The number of hydrogen-bond donors (Lipinski definition) is 0. The molecule has 0 amide bonds. The fourth-order valence-corrected chi connectivity index (χ4v) is 4.36. The number of ether oxygens (including phenoxy) is 1. The number of nitro benzene ring substituents is 1. The highest BCUT2D eigenvalue weighted by Crippen LogP contribution is 2.26. The zero-order valence-electron chi connectivity index (χ0n) is 14.9. The van der Waals surface area contributed by atoms with E-state index < -0.39 is 27.1 Å². The van der Waals surface area contributed by atoms with E-state index in [-0.39, 0.29) is 23.7 Å². The Balaban J connectivity index is 1.65. The molecule has 156 valence electrons. The van der Waals surface area contributed by atoms with E-state index in [4.69, 9.17) is 0 Å². The molecule has 2 aromatic carbocycles. The molecule has 0 spiro atoms. The first-order valence-electron chi connectivity index (χ1n) is 8.42. The van der Waals surface area contributed by atoms with E-state index in [1.54, 1.807) is 12.1 Å². The monoisotopic (exact) mass is 431 g/mol. The summed E-state index contributed by atoms with van der Waals surface area (Å²) in [5.41, 5.74) is 0.703. The summed E-state index contributed by atoms with van der Waals surface area (Å²) < 4.78 is 67.1. The minimum Gasteiger partial charge on any atom is -0.406 e. The van der Waals surface area contributed by atoms with E-state index in [0.717, 1.165) is 30.0 Å². The molecule has 12 heteroatoms. The fourth-order valence-electron chi connectivity index (χ4n) is 2.93. The van der Waals surface area contributed by atoms with Crippen molar-refractivity contribution in [3.63, 3.8) is 0 Å². The summed E-state index contributed by atoms with van der Waals surface area (Å²) in [7, 11) is -3.87. The molecule has 0 aromatic heterocycles. The lowest BCUT2D eigenvalue weighted by Crippen LogP contribution is -2.48. The van der Waals surface area contributed by atoms with Gasteiger partial charge in [0.25, 0.3) is 5.69 Å². The van der Waals surface area contributed by atoms with Crippen LogP contribution >= 0.6 is 0 Å². The first-order valence-corrected chi connectivity index (χ1v) is 9.86. The maximum absolute atomic E-state index is 12.7. The number of nitrogens with zero attached hydrogens (tertiary/aromatic N) is 3. The fraction of sp³-hybridized carbons (Fsp3) is 0.294. The summed E-state index contributed by atoms with van der Waals surface area (Å²) >= 11 is 0. The smallest absolute Gasteiger partial charge is 0.406 e. The Morgan fingerprint density at radius 2 is 1.48 bits per heavy atom. The van der Waals surface area contributed by atoms with E-state index in [1.807, 2.05) is 4.90 Å². The summed E-state index contributed by atoms with van der Waals surface area (Å²) in [6, 6.07) is 9.99. The minimum atomic E-state index is -4.85. The van der Waals surface area contributed by atoms with E-state index in [2.05, 4.69) is 4.74 Å². The van der Waals surface area contributed by atoms with Crippen LogP contribution in [-0.4, -0.2) is 50.2 Å². The van der Waals surface area contributed by atoms with Gasteiger partial charge in [0.15, 0.2) is 0 Å². The molecule has 0 saturated carbocycles. The van der Waals surface area contributed by atoms with Gasteiger partial charge in [-0.3, -0.25) is 10.1 Å². The third-order valence-corrected chi connectivity index (χ3v) is 6.27. The van der Waals surface area contributed by atoms with Crippen LogP contribution in [0.25, 0.3) is 0 Å². The lowest BCUT2D eigenvalue weighted by Gasteiger charge is -2.35. The largest absolute Gasteiger partial charge is 0.573 e. The van der Waals surface area contributed by atoms with Crippen molar-refractivity contribution in [2.75, 3.05) is 31.1 Å². The van der Waals surface area contributed by atoms with Crippen LogP contribution in [0.1, 0.15) is 0 Å². The molecule has 29 heavy (non-hydrogen) atoms. The van der Waals surface area contributed by atoms with Crippen LogP contribution in [0, 0.1) is 10.1 Å². The van der Waals surface area contributed by atoms with Crippen LogP contribution in [-0.2, 0) is 10.0 Å². The van der Waals surface area contributed by atoms with Crippen molar-refractivity contribution in [3.8, 4) is 5.75 Å². The number of anilines is 1. The molecule has 3 rings (SSSR count). The van der Waals surface area contributed by atoms with E-state index >= 15 is 0 Å². The predicted molar refractivity (Wildman–Crippen MR) is 97.2 cm³/mol. The third kappa shape index (κ3) is 4.95. The zero-order valence-corrected chi connectivity index (χ0v) is 15.7. The normalized spacial score (nSPS) is 15.9. The Bertz CT molecular complexity index is 971. The van der Waals surface area contributed by atoms with Gasteiger partial charge in [-0.1, -0.05) is 0 Å². The predicted octanol–water partition coefficient (Wildman–Crippen LogP) is 3.00. The van der Waals surface area contributed by atoms with Gasteiger partial charge in [0, 0.05) is 44.0 Å². The van der Waals surface area contributed by atoms with Crippen molar-refractivity contribution in [3.05, 3.63) is 58.6 Å². The van der Waals surface area contributed by atoms with Crippen LogP contribution in [0.3, 0.4) is 0 Å². The molecule has 0 N–H and O–H groups in total. The Labute approximate surface area is 164 Å². The van der Waals surface area contributed by atoms with Gasteiger partial charge >= 0.3 is 6.36 Å². The third-order valence-electron chi connectivity index (χ3n) is 4.36. The van der Waals surface area contributed by atoms with Crippen LogP contribution in [0.4, 0.5) is 24.5 Å². The van der Waals surface area contributed by atoms with Gasteiger partial charge in [-0.2, -0.15) is 4.31 Å². The van der Waals surface area contributed by atoms with Gasteiger partial charge in [-0.15, -0.1) is 13.2 Å². The molecule has 8 nitrogen and oxygen atoms in total.